The molecule has 124 valence electrons. The summed E-state index contributed by atoms with van der Waals surface area (Å²) in [6, 6.07) is 0.265. The molecule has 0 aromatic heterocycles. The lowest BCUT2D eigenvalue weighted by atomic mass is 9.92. The van der Waals surface area contributed by atoms with Crippen LogP contribution in [0.25, 0.3) is 0 Å². The van der Waals surface area contributed by atoms with Crippen LogP contribution in [-0.2, 0) is 14.6 Å². The largest absolute Gasteiger partial charge is 0.335 e. The van der Waals surface area contributed by atoms with E-state index in [1.165, 1.54) is 32.1 Å². The topological polar surface area (TPSA) is 54.5 Å². The highest BCUT2D eigenvalue weighted by Crippen LogP contribution is 2.55. The first kappa shape index (κ1) is 15.0. The first-order valence-corrected chi connectivity index (χ1v) is 10.9. The van der Waals surface area contributed by atoms with E-state index in [0.717, 1.165) is 25.2 Å². The molecule has 4 aliphatic rings. The van der Waals surface area contributed by atoms with Gasteiger partial charge < -0.3 is 4.90 Å². The number of rotatable bonds is 4. The summed E-state index contributed by atoms with van der Waals surface area (Å²) in [5.74, 6) is 2.41. The molecule has 1 saturated heterocycles. The van der Waals surface area contributed by atoms with Gasteiger partial charge in [0, 0.05) is 18.0 Å². The number of hydrogen-bond acceptors (Lipinski definition) is 3. The molecule has 0 unspecified atom stereocenters. The smallest absolute Gasteiger partial charge is 0.226 e. The molecule has 0 spiro atoms. The SMILES string of the molecule is O=C([C@@H]1C[C@@H]1C1CC1)N(C1CCCCC1)[C@@H]1CCS(=O)(=O)C1. The van der Waals surface area contributed by atoms with E-state index in [1.807, 2.05) is 0 Å². The van der Waals surface area contributed by atoms with Gasteiger partial charge in [0.25, 0.3) is 0 Å². The molecular weight excluding hydrogens is 298 g/mol. The molecule has 22 heavy (non-hydrogen) atoms. The third-order valence-corrected chi connectivity index (χ3v) is 7.96. The lowest BCUT2D eigenvalue weighted by molar-refractivity contribution is -0.138. The van der Waals surface area contributed by atoms with Gasteiger partial charge in [0.15, 0.2) is 9.84 Å². The number of amides is 1. The Kier molecular flexibility index (Phi) is 3.74. The fourth-order valence-corrected chi connectivity index (χ4v) is 6.46. The Bertz CT molecular complexity index is 548. The van der Waals surface area contributed by atoms with E-state index >= 15 is 0 Å². The summed E-state index contributed by atoms with van der Waals surface area (Å²) in [7, 11) is -2.93. The average Bonchev–Trinajstić information content (AvgIpc) is 3.37. The molecule has 3 aliphatic carbocycles. The minimum atomic E-state index is -2.93. The molecule has 4 rings (SSSR count). The van der Waals surface area contributed by atoms with Crippen LogP contribution < -0.4 is 0 Å². The van der Waals surface area contributed by atoms with Gasteiger partial charge in [0.05, 0.1) is 11.5 Å². The fourth-order valence-electron chi connectivity index (χ4n) is 4.75. The standard InChI is InChI=1S/C17H27NO3S/c19-17(16-10-15(16)12-6-7-12)18(13-4-2-1-3-5-13)14-8-9-22(20,21)11-14/h12-16H,1-11H2/t14-,15-,16-/m1/s1. The van der Waals surface area contributed by atoms with Crippen molar-refractivity contribution in [3.05, 3.63) is 0 Å². The van der Waals surface area contributed by atoms with Gasteiger partial charge in [-0.2, -0.15) is 0 Å². The highest BCUT2D eigenvalue weighted by atomic mass is 32.2. The quantitative estimate of drug-likeness (QED) is 0.797. The van der Waals surface area contributed by atoms with Gasteiger partial charge in [0.1, 0.15) is 0 Å². The van der Waals surface area contributed by atoms with Crippen molar-refractivity contribution in [3.8, 4) is 0 Å². The molecule has 0 aromatic rings. The lowest BCUT2D eigenvalue weighted by Gasteiger charge is -2.38. The lowest BCUT2D eigenvalue weighted by Crippen LogP contribution is -2.49. The van der Waals surface area contributed by atoms with Crippen LogP contribution in [-0.4, -0.2) is 42.8 Å². The van der Waals surface area contributed by atoms with Crippen molar-refractivity contribution in [1.29, 1.82) is 0 Å². The molecule has 4 fully saturated rings. The predicted octanol–water partition coefficient (Wildman–Crippen LogP) is 2.38. The van der Waals surface area contributed by atoms with Crippen LogP contribution in [0.2, 0.25) is 0 Å². The predicted molar refractivity (Wildman–Crippen MR) is 85.1 cm³/mol. The molecule has 0 N–H and O–H groups in total. The maximum atomic E-state index is 13.1. The van der Waals surface area contributed by atoms with E-state index in [9.17, 15) is 13.2 Å². The van der Waals surface area contributed by atoms with Crippen molar-refractivity contribution in [2.75, 3.05) is 11.5 Å². The number of carbonyl (C=O) groups is 1. The number of nitrogens with zero attached hydrogens (tertiary/aromatic N) is 1. The van der Waals surface area contributed by atoms with Gasteiger partial charge in [-0.1, -0.05) is 19.3 Å². The summed E-state index contributed by atoms with van der Waals surface area (Å²) in [4.78, 5) is 15.1. The zero-order valence-corrected chi connectivity index (χ0v) is 14.1. The van der Waals surface area contributed by atoms with Gasteiger partial charge in [-0.3, -0.25) is 4.79 Å². The van der Waals surface area contributed by atoms with Gasteiger partial charge in [-0.25, -0.2) is 8.42 Å². The molecule has 1 amide bonds. The van der Waals surface area contributed by atoms with Crippen LogP contribution in [0, 0.1) is 17.8 Å². The molecule has 4 nitrogen and oxygen atoms in total. The monoisotopic (exact) mass is 325 g/mol. The Labute approximate surface area is 133 Å². The van der Waals surface area contributed by atoms with E-state index < -0.39 is 9.84 Å². The Hall–Kier alpha value is -0.580. The van der Waals surface area contributed by atoms with Crippen LogP contribution in [0.5, 0.6) is 0 Å². The van der Waals surface area contributed by atoms with Crippen LogP contribution in [0.3, 0.4) is 0 Å². The van der Waals surface area contributed by atoms with E-state index in [2.05, 4.69) is 4.90 Å². The molecule has 1 aliphatic heterocycles. The minimum Gasteiger partial charge on any atom is -0.335 e. The van der Waals surface area contributed by atoms with Crippen molar-refractivity contribution in [3.63, 3.8) is 0 Å². The maximum absolute atomic E-state index is 13.1. The minimum absolute atomic E-state index is 0.0407. The van der Waals surface area contributed by atoms with E-state index in [-0.39, 0.29) is 23.5 Å². The summed E-state index contributed by atoms with van der Waals surface area (Å²) < 4.78 is 23.8. The Morgan fingerprint density at radius 3 is 2.23 bits per heavy atom. The third-order valence-electron chi connectivity index (χ3n) is 6.21. The highest BCUT2D eigenvalue weighted by Gasteiger charge is 2.54. The molecule has 1 heterocycles. The average molecular weight is 325 g/mol. The zero-order valence-electron chi connectivity index (χ0n) is 13.2. The molecule has 0 aromatic carbocycles. The Morgan fingerprint density at radius 1 is 0.909 bits per heavy atom. The second-order valence-corrected chi connectivity index (χ2v) is 10.2. The maximum Gasteiger partial charge on any atom is 0.226 e. The van der Waals surface area contributed by atoms with Gasteiger partial charge in [0.2, 0.25) is 5.91 Å². The summed E-state index contributed by atoms with van der Waals surface area (Å²) in [6.07, 6.45) is 10.1. The van der Waals surface area contributed by atoms with Gasteiger partial charge >= 0.3 is 0 Å². The molecule has 3 saturated carbocycles. The summed E-state index contributed by atoms with van der Waals surface area (Å²) in [6.45, 7) is 0. The second-order valence-electron chi connectivity index (χ2n) is 7.94. The van der Waals surface area contributed by atoms with Crippen molar-refractivity contribution in [2.45, 2.75) is 69.9 Å². The summed E-state index contributed by atoms with van der Waals surface area (Å²) in [5.41, 5.74) is 0. The molecule has 0 radical (unpaired) electrons. The summed E-state index contributed by atoms with van der Waals surface area (Å²) in [5, 5.41) is 0. The number of sulfone groups is 1. The third kappa shape index (κ3) is 2.93. The first-order chi connectivity index (χ1) is 10.6. The second kappa shape index (κ2) is 5.50. The van der Waals surface area contributed by atoms with Crippen molar-refractivity contribution in [1.82, 2.24) is 4.90 Å². The first-order valence-electron chi connectivity index (χ1n) is 9.08. The van der Waals surface area contributed by atoms with E-state index in [1.54, 1.807) is 0 Å². The van der Waals surface area contributed by atoms with Crippen LogP contribution in [0.1, 0.15) is 57.8 Å². The molecule has 3 atom stereocenters. The van der Waals surface area contributed by atoms with Crippen molar-refractivity contribution < 1.29 is 13.2 Å². The van der Waals surface area contributed by atoms with Crippen LogP contribution in [0.4, 0.5) is 0 Å². The molecule has 0 bridgehead atoms. The molecule has 5 heteroatoms. The Balaban J connectivity index is 1.51. The highest BCUT2D eigenvalue weighted by molar-refractivity contribution is 7.91. The van der Waals surface area contributed by atoms with E-state index in [4.69, 9.17) is 0 Å². The van der Waals surface area contributed by atoms with Crippen LogP contribution in [0.15, 0.2) is 0 Å². The van der Waals surface area contributed by atoms with Gasteiger partial charge in [-0.05, 0) is 50.4 Å². The van der Waals surface area contributed by atoms with Crippen molar-refractivity contribution in [2.24, 2.45) is 17.8 Å². The van der Waals surface area contributed by atoms with Crippen LogP contribution >= 0.6 is 0 Å². The van der Waals surface area contributed by atoms with Gasteiger partial charge in [-0.15, -0.1) is 0 Å². The molecular formula is C17H27NO3S. The van der Waals surface area contributed by atoms with E-state index in [0.29, 0.717) is 24.3 Å². The summed E-state index contributed by atoms with van der Waals surface area (Å²) >= 11 is 0. The Morgan fingerprint density at radius 2 is 1.64 bits per heavy atom. The number of carbonyl (C=O) groups excluding carboxylic acids is 1. The van der Waals surface area contributed by atoms with Crippen molar-refractivity contribution >= 4 is 15.7 Å². The normalized spacial score (nSPS) is 37.9. The fraction of sp³-hybridized carbons (Fsp3) is 0.941. The zero-order chi connectivity index (χ0) is 15.3. The number of hydrogen-bond donors (Lipinski definition) is 0.